The summed E-state index contributed by atoms with van der Waals surface area (Å²) in [5.41, 5.74) is 0. The maximum absolute atomic E-state index is 11.1. The minimum atomic E-state index is -1.34. The van der Waals surface area contributed by atoms with Crippen molar-refractivity contribution in [2.24, 2.45) is 5.92 Å². The highest BCUT2D eigenvalue weighted by Gasteiger charge is 2.28. The van der Waals surface area contributed by atoms with Crippen LogP contribution in [0.4, 0.5) is 0 Å². The van der Waals surface area contributed by atoms with Crippen molar-refractivity contribution in [2.75, 3.05) is 13.1 Å². The molecule has 13 heavy (non-hydrogen) atoms. The predicted octanol–water partition coefficient (Wildman–Crippen LogP) is 0.720. The number of amides is 1. The van der Waals surface area contributed by atoms with Gasteiger partial charge in [-0.1, -0.05) is 6.92 Å². The first-order valence-corrected chi connectivity index (χ1v) is 4.67. The smallest absolute Gasteiger partial charge is 0.394 e. The highest BCUT2D eigenvalue weighted by Crippen LogP contribution is 2.29. The summed E-state index contributed by atoms with van der Waals surface area (Å²) in [6, 6.07) is 0. The van der Waals surface area contributed by atoms with Crippen molar-refractivity contribution in [3.63, 3.8) is 0 Å². The summed E-state index contributed by atoms with van der Waals surface area (Å²) in [6.07, 6.45) is 3.08. The monoisotopic (exact) mass is 185 g/mol. The van der Waals surface area contributed by atoms with Crippen LogP contribution < -0.4 is 0 Å². The van der Waals surface area contributed by atoms with E-state index in [1.807, 2.05) is 6.92 Å². The Balaban J connectivity index is 2.43. The molecule has 1 fully saturated rings. The molecule has 0 heterocycles. The number of hydrogen-bond donors (Lipinski definition) is 1. The fourth-order valence-electron chi connectivity index (χ4n) is 1.29. The van der Waals surface area contributed by atoms with Crippen molar-refractivity contribution in [3.05, 3.63) is 0 Å². The molecule has 0 radical (unpaired) electrons. The topological polar surface area (TPSA) is 57.6 Å². The van der Waals surface area contributed by atoms with Crippen LogP contribution >= 0.6 is 0 Å². The highest BCUT2D eigenvalue weighted by molar-refractivity contribution is 6.31. The van der Waals surface area contributed by atoms with Crippen molar-refractivity contribution in [2.45, 2.75) is 26.2 Å². The second-order valence-electron chi connectivity index (χ2n) is 3.50. The van der Waals surface area contributed by atoms with E-state index in [-0.39, 0.29) is 0 Å². The van der Waals surface area contributed by atoms with Gasteiger partial charge in [0, 0.05) is 13.1 Å². The van der Waals surface area contributed by atoms with Crippen LogP contribution in [0.3, 0.4) is 0 Å². The van der Waals surface area contributed by atoms with E-state index in [1.165, 1.54) is 4.90 Å². The number of carboxylic acids is 1. The lowest BCUT2D eigenvalue weighted by molar-refractivity contribution is -0.156. The zero-order valence-corrected chi connectivity index (χ0v) is 7.82. The first-order valence-electron chi connectivity index (χ1n) is 4.67. The Morgan fingerprint density at radius 2 is 2.08 bits per heavy atom. The largest absolute Gasteiger partial charge is 0.474 e. The highest BCUT2D eigenvalue weighted by atomic mass is 16.4. The second kappa shape index (κ2) is 4.25. The van der Waals surface area contributed by atoms with Gasteiger partial charge in [-0.2, -0.15) is 0 Å². The molecular weight excluding hydrogens is 170 g/mol. The first kappa shape index (κ1) is 10.0. The number of aliphatic carboxylic acids is 1. The van der Waals surface area contributed by atoms with Crippen molar-refractivity contribution < 1.29 is 14.7 Å². The molecule has 0 aromatic rings. The van der Waals surface area contributed by atoms with E-state index in [9.17, 15) is 9.59 Å². The zero-order chi connectivity index (χ0) is 9.84. The molecule has 74 valence electrons. The van der Waals surface area contributed by atoms with E-state index < -0.39 is 11.9 Å². The summed E-state index contributed by atoms with van der Waals surface area (Å²) >= 11 is 0. The van der Waals surface area contributed by atoms with Crippen LogP contribution in [0.2, 0.25) is 0 Å². The molecule has 0 saturated heterocycles. The summed E-state index contributed by atoms with van der Waals surface area (Å²) in [7, 11) is 0. The molecule has 0 spiro atoms. The van der Waals surface area contributed by atoms with E-state index in [2.05, 4.69) is 0 Å². The van der Waals surface area contributed by atoms with Gasteiger partial charge >= 0.3 is 11.9 Å². The molecular formula is C9H15NO3. The third-order valence-corrected chi connectivity index (χ3v) is 2.14. The van der Waals surface area contributed by atoms with E-state index in [0.717, 1.165) is 19.3 Å². The molecule has 0 aromatic heterocycles. The minimum Gasteiger partial charge on any atom is -0.474 e. The molecule has 1 N–H and O–H groups in total. The summed E-state index contributed by atoms with van der Waals surface area (Å²) in [6.45, 7) is 3.12. The SMILES string of the molecule is CCCN(CC1CC1)C(=O)C(=O)O. The number of carbonyl (C=O) groups excluding carboxylic acids is 1. The Hall–Kier alpha value is -1.06. The van der Waals surface area contributed by atoms with E-state index in [1.54, 1.807) is 0 Å². The first-order chi connectivity index (χ1) is 6.15. The van der Waals surface area contributed by atoms with Crippen LogP contribution in [0, 0.1) is 5.92 Å². The molecule has 1 amide bonds. The molecule has 4 nitrogen and oxygen atoms in total. The minimum absolute atomic E-state index is 0.551. The number of carboxylic acid groups (broad SMARTS) is 1. The molecule has 1 aliphatic carbocycles. The Labute approximate surface area is 77.5 Å². The molecule has 0 aromatic carbocycles. The van der Waals surface area contributed by atoms with Gasteiger partial charge in [0.25, 0.3) is 0 Å². The molecule has 0 aliphatic heterocycles. The fraction of sp³-hybridized carbons (Fsp3) is 0.778. The summed E-state index contributed by atoms with van der Waals surface area (Å²) in [5, 5.41) is 8.52. The van der Waals surface area contributed by atoms with E-state index in [4.69, 9.17) is 5.11 Å². The van der Waals surface area contributed by atoms with Crippen molar-refractivity contribution in [1.29, 1.82) is 0 Å². The molecule has 0 bridgehead atoms. The van der Waals surface area contributed by atoms with Crippen LogP contribution in [0.1, 0.15) is 26.2 Å². The fourth-order valence-corrected chi connectivity index (χ4v) is 1.29. The van der Waals surface area contributed by atoms with E-state index >= 15 is 0 Å². The van der Waals surface area contributed by atoms with Crippen LogP contribution in [0.15, 0.2) is 0 Å². The Kier molecular flexibility index (Phi) is 3.28. The lowest BCUT2D eigenvalue weighted by Crippen LogP contribution is -2.38. The maximum atomic E-state index is 11.1. The summed E-state index contributed by atoms with van der Waals surface area (Å²) < 4.78 is 0. The van der Waals surface area contributed by atoms with Gasteiger partial charge < -0.3 is 10.0 Å². The Bertz CT molecular complexity index is 211. The Morgan fingerprint density at radius 1 is 1.46 bits per heavy atom. The van der Waals surface area contributed by atoms with Gasteiger partial charge in [-0.05, 0) is 25.2 Å². The van der Waals surface area contributed by atoms with Gasteiger partial charge in [-0.25, -0.2) is 4.79 Å². The third kappa shape index (κ3) is 3.05. The van der Waals surface area contributed by atoms with Crippen molar-refractivity contribution >= 4 is 11.9 Å². The normalized spacial score (nSPS) is 15.5. The van der Waals surface area contributed by atoms with Crippen LogP contribution in [0.5, 0.6) is 0 Å². The van der Waals surface area contributed by atoms with Crippen LogP contribution in [-0.4, -0.2) is 35.0 Å². The zero-order valence-electron chi connectivity index (χ0n) is 7.82. The average molecular weight is 185 g/mol. The van der Waals surface area contributed by atoms with Crippen molar-refractivity contribution in [3.8, 4) is 0 Å². The number of hydrogen-bond acceptors (Lipinski definition) is 2. The molecule has 1 aliphatic rings. The molecule has 1 saturated carbocycles. The molecule has 0 atom stereocenters. The maximum Gasteiger partial charge on any atom is 0.394 e. The third-order valence-electron chi connectivity index (χ3n) is 2.14. The standard InChI is InChI=1S/C9H15NO3/c1-2-5-10(6-7-3-4-7)8(11)9(12)13/h7H,2-6H2,1H3,(H,12,13). The molecule has 1 rings (SSSR count). The average Bonchev–Trinajstić information content (AvgIpc) is 2.86. The van der Waals surface area contributed by atoms with Gasteiger partial charge in [0.1, 0.15) is 0 Å². The lowest BCUT2D eigenvalue weighted by Gasteiger charge is -2.19. The van der Waals surface area contributed by atoms with Crippen LogP contribution in [0.25, 0.3) is 0 Å². The quantitative estimate of drug-likeness (QED) is 0.656. The summed E-state index contributed by atoms with van der Waals surface area (Å²) in [4.78, 5) is 23.0. The Morgan fingerprint density at radius 3 is 2.46 bits per heavy atom. The van der Waals surface area contributed by atoms with Crippen LogP contribution in [-0.2, 0) is 9.59 Å². The predicted molar refractivity (Wildman–Crippen MR) is 47.2 cm³/mol. The molecule has 4 heteroatoms. The van der Waals surface area contributed by atoms with Gasteiger partial charge in [0.2, 0.25) is 0 Å². The van der Waals surface area contributed by atoms with E-state index in [0.29, 0.717) is 19.0 Å². The lowest BCUT2D eigenvalue weighted by atomic mass is 10.3. The number of rotatable bonds is 4. The second-order valence-corrected chi connectivity index (χ2v) is 3.50. The van der Waals surface area contributed by atoms with Crippen molar-refractivity contribution in [1.82, 2.24) is 4.90 Å². The molecule has 0 unspecified atom stereocenters. The number of nitrogens with zero attached hydrogens (tertiary/aromatic N) is 1. The van der Waals surface area contributed by atoms with Gasteiger partial charge in [-0.3, -0.25) is 4.79 Å². The van der Waals surface area contributed by atoms with Gasteiger partial charge in [0.15, 0.2) is 0 Å². The summed E-state index contributed by atoms with van der Waals surface area (Å²) in [5.74, 6) is -1.54. The van der Waals surface area contributed by atoms with Gasteiger partial charge in [0.05, 0.1) is 0 Å². The van der Waals surface area contributed by atoms with Gasteiger partial charge in [-0.15, -0.1) is 0 Å². The number of carbonyl (C=O) groups is 2.